The van der Waals surface area contributed by atoms with E-state index in [1.807, 2.05) is 30.5 Å². The quantitative estimate of drug-likeness (QED) is 0.788. The predicted molar refractivity (Wildman–Crippen MR) is 84.4 cm³/mol. The zero-order chi connectivity index (χ0) is 14.7. The second kappa shape index (κ2) is 6.64. The second-order valence-electron chi connectivity index (χ2n) is 4.86. The molecule has 2 aromatic rings. The molecule has 112 valence electrons. The number of rotatable bonds is 5. The summed E-state index contributed by atoms with van der Waals surface area (Å²) in [6.07, 6.45) is 2.05. The van der Waals surface area contributed by atoms with Gasteiger partial charge in [-0.2, -0.15) is 0 Å². The van der Waals surface area contributed by atoms with E-state index in [9.17, 15) is 0 Å². The van der Waals surface area contributed by atoms with Crippen LogP contribution in [0.2, 0.25) is 0 Å². The normalized spacial score (nSPS) is 17.2. The molecule has 0 fully saturated rings. The Bertz CT molecular complexity index is 605. The third-order valence-corrected chi connectivity index (χ3v) is 4.99. The van der Waals surface area contributed by atoms with Gasteiger partial charge in [0.2, 0.25) is 0 Å². The first kappa shape index (κ1) is 14.6. The highest BCUT2D eigenvalue weighted by molar-refractivity contribution is 8.00. The Kier molecular flexibility index (Phi) is 4.62. The molecule has 1 aliphatic rings. The number of benzene rings is 1. The van der Waals surface area contributed by atoms with Gasteiger partial charge in [0.25, 0.3) is 0 Å². The number of aromatic nitrogens is 2. The van der Waals surface area contributed by atoms with Crippen LogP contribution in [-0.2, 0) is 6.54 Å². The average Bonchev–Trinajstić information content (AvgIpc) is 2.94. The molecule has 0 bridgehead atoms. The molecule has 5 nitrogen and oxygen atoms in total. The van der Waals surface area contributed by atoms with Crippen LogP contribution in [0.25, 0.3) is 0 Å². The van der Waals surface area contributed by atoms with Crippen LogP contribution in [0, 0.1) is 0 Å². The van der Waals surface area contributed by atoms with Crippen molar-refractivity contribution in [2.24, 2.45) is 0 Å². The maximum absolute atomic E-state index is 5.96. The first-order valence-electron chi connectivity index (χ1n) is 6.68. The van der Waals surface area contributed by atoms with Gasteiger partial charge in [0.1, 0.15) is 17.7 Å². The molecule has 1 aliphatic heterocycles. The Morgan fingerprint density at radius 1 is 1.33 bits per heavy atom. The average molecular weight is 323 g/mol. The smallest absolute Gasteiger partial charge is 0.174 e. The van der Waals surface area contributed by atoms with Gasteiger partial charge in [-0.15, -0.1) is 10.2 Å². The summed E-state index contributed by atoms with van der Waals surface area (Å²) in [4.78, 5) is 2.19. The number of para-hydroxylation sites is 2. The summed E-state index contributed by atoms with van der Waals surface area (Å²) >= 11 is 3.27. The van der Waals surface area contributed by atoms with Crippen LogP contribution in [-0.4, -0.2) is 47.7 Å². The number of ether oxygens (including phenoxy) is 2. The number of hydrogen-bond donors (Lipinski definition) is 0. The molecule has 1 aromatic carbocycles. The Hall–Kier alpha value is -1.31. The van der Waals surface area contributed by atoms with E-state index in [1.54, 1.807) is 23.1 Å². The van der Waals surface area contributed by atoms with Gasteiger partial charge in [0.15, 0.2) is 15.8 Å². The van der Waals surface area contributed by atoms with Gasteiger partial charge in [-0.3, -0.25) is 4.90 Å². The molecule has 0 radical (unpaired) electrons. The van der Waals surface area contributed by atoms with Crippen LogP contribution in [0.3, 0.4) is 0 Å². The van der Waals surface area contributed by atoms with E-state index >= 15 is 0 Å². The van der Waals surface area contributed by atoms with Gasteiger partial charge in [-0.1, -0.05) is 35.2 Å². The molecule has 1 atom stereocenters. The van der Waals surface area contributed by atoms with Crippen molar-refractivity contribution in [1.82, 2.24) is 15.1 Å². The van der Waals surface area contributed by atoms with E-state index in [0.29, 0.717) is 6.61 Å². The number of hydrogen-bond acceptors (Lipinski definition) is 7. The molecule has 0 spiro atoms. The molecule has 21 heavy (non-hydrogen) atoms. The van der Waals surface area contributed by atoms with E-state index in [1.165, 1.54) is 0 Å². The molecule has 3 rings (SSSR count). The zero-order valence-corrected chi connectivity index (χ0v) is 13.6. The van der Waals surface area contributed by atoms with E-state index in [2.05, 4.69) is 22.1 Å². The lowest BCUT2D eigenvalue weighted by molar-refractivity contribution is 0.0637. The second-order valence-corrected chi connectivity index (χ2v) is 6.98. The fourth-order valence-electron chi connectivity index (χ4n) is 2.18. The minimum Gasteiger partial charge on any atom is -0.486 e. The molecule has 1 aromatic heterocycles. The number of likely N-dealkylation sites (N-methyl/N-ethyl adjacent to an activating group) is 1. The zero-order valence-electron chi connectivity index (χ0n) is 12.0. The summed E-state index contributed by atoms with van der Waals surface area (Å²) < 4.78 is 12.7. The van der Waals surface area contributed by atoms with Crippen LogP contribution in [0.1, 0.15) is 5.01 Å². The molecule has 0 N–H and O–H groups in total. The lowest BCUT2D eigenvalue weighted by Gasteiger charge is -2.29. The maximum Gasteiger partial charge on any atom is 0.174 e. The highest BCUT2D eigenvalue weighted by Gasteiger charge is 2.22. The van der Waals surface area contributed by atoms with Crippen molar-refractivity contribution in [2.75, 3.05) is 26.5 Å². The highest BCUT2D eigenvalue weighted by Crippen LogP contribution is 2.31. The topological polar surface area (TPSA) is 47.5 Å². The van der Waals surface area contributed by atoms with Gasteiger partial charge >= 0.3 is 0 Å². The van der Waals surface area contributed by atoms with Crippen molar-refractivity contribution in [2.45, 2.75) is 17.0 Å². The molecule has 0 saturated heterocycles. The van der Waals surface area contributed by atoms with Crippen molar-refractivity contribution in [3.8, 4) is 11.5 Å². The number of thioether (sulfide) groups is 1. The summed E-state index contributed by atoms with van der Waals surface area (Å²) in [5.41, 5.74) is 0. The van der Waals surface area contributed by atoms with E-state index < -0.39 is 0 Å². The van der Waals surface area contributed by atoms with Crippen LogP contribution < -0.4 is 9.47 Å². The number of nitrogens with zero attached hydrogens (tertiary/aromatic N) is 3. The highest BCUT2D eigenvalue weighted by atomic mass is 32.2. The fraction of sp³-hybridized carbons (Fsp3) is 0.429. The van der Waals surface area contributed by atoms with Gasteiger partial charge in [-0.25, -0.2) is 0 Å². The van der Waals surface area contributed by atoms with Crippen molar-refractivity contribution in [3.05, 3.63) is 29.3 Å². The lowest BCUT2D eigenvalue weighted by atomic mass is 10.2. The van der Waals surface area contributed by atoms with E-state index in [0.717, 1.165) is 33.9 Å². The molecule has 0 aliphatic carbocycles. The van der Waals surface area contributed by atoms with Gasteiger partial charge in [0, 0.05) is 6.54 Å². The summed E-state index contributed by atoms with van der Waals surface area (Å²) in [5.74, 6) is 1.65. The molecular weight excluding hydrogens is 306 g/mol. The van der Waals surface area contributed by atoms with Crippen molar-refractivity contribution in [3.63, 3.8) is 0 Å². The molecule has 0 saturated carbocycles. The molecule has 2 heterocycles. The Morgan fingerprint density at radius 2 is 2.14 bits per heavy atom. The van der Waals surface area contributed by atoms with Crippen molar-refractivity contribution < 1.29 is 9.47 Å². The largest absolute Gasteiger partial charge is 0.486 e. The summed E-state index contributed by atoms with van der Waals surface area (Å²) in [7, 11) is 2.06. The van der Waals surface area contributed by atoms with Gasteiger partial charge in [-0.05, 0) is 25.4 Å². The van der Waals surface area contributed by atoms with Crippen LogP contribution in [0.4, 0.5) is 0 Å². The summed E-state index contributed by atoms with van der Waals surface area (Å²) in [5, 5.41) is 9.33. The third kappa shape index (κ3) is 3.66. The maximum atomic E-state index is 5.96. The minimum absolute atomic E-state index is 0.0397. The third-order valence-electron chi connectivity index (χ3n) is 3.11. The Balaban J connectivity index is 1.55. The SMILES string of the molecule is CSc1nnc(CN(C)CC2COc3ccccc3O2)s1. The first-order valence-corrected chi connectivity index (χ1v) is 8.72. The summed E-state index contributed by atoms with van der Waals surface area (Å²) in [6, 6.07) is 7.78. The standard InChI is InChI=1S/C14H17N3O2S2/c1-17(8-13-15-16-14(20-2)21-13)7-10-9-18-11-5-3-4-6-12(11)19-10/h3-6,10H,7-9H2,1-2H3. The Labute approximate surface area is 132 Å². The van der Waals surface area contributed by atoms with E-state index in [-0.39, 0.29) is 6.10 Å². The van der Waals surface area contributed by atoms with Crippen LogP contribution in [0.5, 0.6) is 11.5 Å². The van der Waals surface area contributed by atoms with E-state index in [4.69, 9.17) is 9.47 Å². The monoisotopic (exact) mass is 323 g/mol. The Morgan fingerprint density at radius 3 is 2.90 bits per heavy atom. The van der Waals surface area contributed by atoms with Crippen molar-refractivity contribution in [1.29, 1.82) is 0 Å². The van der Waals surface area contributed by atoms with Crippen LogP contribution in [0.15, 0.2) is 28.6 Å². The van der Waals surface area contributed by atoms with Gasteiger partial charge in [0.05, 0.1) is 6.54 Å². The van der Waals surface area contributed by atoms with Crippen LogP contribution >= 0.6 is 23.1 Å². The summed E-state index contributed by atoms with van der Waals surface area (Å²) in [6.45, 7) is 2.15. The molecule has 0 amide bonds. The molecular formula is C14H17N3O2S2. The number of fused-ring (bicyclic) bond motifs is 1. The first-order chi connectivity index (χ1) is 10.2. The fourth-order valence-corrected chi connectivity index (χ4v) is 3.57. The van der Waals surface area contributed by atoms with Crippen molar-refractivity contribution >= 4 is 23.1 Å². The molecule has 1 unspecified atom stereocenters. The lowest BCUT2D eigenvalue weighted by Crippen LogP contribution is -2.39. The molecule has 7 heteroatoms. The minimum atomic E-state index is 0.0397. The van der Waals surface area contributed by atoms with Gasteiger partial charge < -0.3 is 9.47 Å². The predicted octanol–water partition coefficient (Wildman–Crippen LogP) is 2.53.